The smallest absolute Gasteiger partial charge is 0.383 e. The van der Waals surface area contributed by atoms with Crippen molar-refractivity contribution in [1.29, 1.82) is 0 Å². The van der Waals surface area contributed by atoms with Crippen LogP contribution in [0.15, 0.2) is 22.6 Å². The summed E-state index contributed by atoms with van der Waals surface area (Å²) in [4.78, 5) is 8.00. The summed E-state index contributed by atoms with van der Waals surface area (Å²) >= 11 is 0. The monoisotopic (exact) mass is 296 g/mol. The minimum atomic E-state index is 0.371. The zero-order chi connectivity index (χ0) is 14.8. The Morgan fingerprint density at radius 2 is 1.71 bits per heavy atom. The van der Waals surface area contributed by atoms with Crippen molar-refractivity contribution in [2.24, 2.45) is 9.98 Å². The molecule has 0 atom stereocenters. The molecule has 0 aromatic heterocycles. The molecule has 0 amide bonds. The van der Waals surface area contributed by atoms with E-state index < -0.39 is 0 Å². The summed E-state index contributed by atoms with van der Waals surface area (Å²) in [6.07, 6.45) is 9.23. The lowest BCUT2D eigenvalue weighted by molar-refractivity contribution is 0.0940. The standard InChI is InChI=1S/C9H15NO2.C6H9NO2/c1-2-4-8(5-3-1)12-9-10-6-7-11-9;1-2-4-8-6-7-3-5-9-6/h8H,1-7H2;2H,1,3-5H2. The molecule has 6 nitrogen and oxygen atoms in total. The van der Waals surface area contributed by atoms with Crippen LogP contribution in [0.4, 0.5) is 0 Å². The van der Waals surface area contributed by atoms with E-state index in [-0.39, 0.29) is 0 Å². The van der Waals surface area contributed by atoms with Gasteiger partial charge in [0.1, 0.15) is 25.9 Å². The van der Waals surface area contributed by atoms with Crippen LogP contribution in [0.1, 0.15) is 32.1 Å². The highest BCUT2D eigenvalue weighted by atomic mass is 16.7. The second-order valence-corrected chi connectivity index (χ2v) is 4.97. The van der Waals surface area contributed by atoms with Gasteiger partial charge in [0.15, 0.2) is 0 Å². The lowest BCUT2D eigenvalue weighted by Gasteiger charge is -2.21. The first kappa shape index (κ1) is 15.7. The van der Waals surface area contributed by atoms with Gasteiger partial charge in [0.25, 0.3) is 0 Å². The highest BCUT2D eigenvalue weighted by molar-refractivity contribution is 5.68. The lowest BCUT2D eigenvalue weighted by atomic mass is 9.98. The first-order valence-electron chi connectivity index (χ1n) is 7.63. The van der Waals surface area contributed by atoms with E-state index in [1.54, 1.807) is 6.08 Å². The van der Waals surface area contributed by atoms with E-state index in [2.05, 4.69) is 16.6 Å². The van der Waals surface area contributed by atoms with Gasteiger partial charge in [-0.15, -0.1) is 0 Å². The summed E-state index contributed by atoms with van der Waals surface area (Å²) in [5.74, 6) is 0. The van der Waals surface area contributed by atoms with Crippen LogP contribution in [0.25, 0.3) is 0 Å². The first-order valence-corrected chi connectivity index (χ1v) is 7.63. The molecule has 2 aliphatic heterocycles. The van der Waals surface area contributed by atoms with Crippen molar-refractivity contribution in [3.63, 3.8) is 0 Å². The van der Waals surface area contributed by atoms with Gasteiger partial charge in [0.2, 0.25) is 0 Å². The molecular weight excluding hydrogens is 272 g/mol. The van der Waals surface area contributed by atoms with Gasteiger partial charge in [0, 0.05) is 0 Å². The average molecular weight is 296 g/mol. The molecule has 0 N–H and O–H groups in total. The highest BCUT2D eigenvalue weighted by Gasteiger charge is 2.18. The third-order valence-corrected chi connectivity index (χ3v) is 3.26. The molecule has 0 aromatic rings. The zero-order valence-electron chi connectivity index (χ0n) is 12.5. The Morgan fingerprint density at radius 1 is 1.05 bits per heavy atom. The Hall–Kier alpha value is -1.72. The number of nitrogens with zero attached hydrogens (tertiary/aromatic N) is 2. The van der Waals surface area contributed by atoms with Crippen molar-refractivity contribution in [1.82, 2.24) is 0 Å². The van der Waals surface area contributed by atoms with Crippen LogP contribution in [0.3, 0.4) is 0 Å². The maximum absolute atomic E-state index is 5.58. The molecule has 1 fully saturated rings. The Kier molecular flexibility index (Phi) is 6.91. The summed E-state index contributed by atoms with van der Waals surface area (Å²) in [6, 6.07) is 0. The number of hydrogen-bond donors (Lipinski definition) is 0. The molecule has 2 heterocycles. The van der Waals surface area contributed by atoms with Crippen LogP contribution >= 0.6 is 0 Å². The molecule has 1 saturated carbocycles. The summed E-state index contributed by atoms with van der Waals surface area (Å²) < 4.78 is 20.7. The van der Waals surface area contributed by atoms with Crippen molar-refractivity contribution in [2.75, 3.05) is 32.9 Å². The maximum atomic E-state index is 5.58. The van der Waals surface area contributed by atoms with Crippen molar-refractivity contribution in [3.8, 4) is 0 Å². The van der Waals surface area contributed by atoms with E-state index in [1.807, 2.05) is 0 Å². The number of aliphatic imine (C=N–C) groups is 2. The van der Waals surface area contributed by atoms with Crippen molar-refractivity contribution in [3.05, 3.63) is 12.7 Å². The maximum Gasteiger partial charge on any atom is 0.383 e. The second-order valence-electron chi connectivity index (χ2n) is 4.97. The summed E-state index contributed by atoms with van der Waals surface area (Å²) in [5, 5.41) is 0. The lowest BCUT2D eigenvalue weighted by Crippen LogP contribution is -2.20. The minimum Gasteiger partial charge on any atom is -0.449 e. The quantitative estimate of drug-likeness (QED) is 0.750. The Labute approximate surface area is 125 Å². The molecule has 1 aliphatic carbocycles. The van der Waals surface area contributed by atoms with Crippen molar-refractivity contribution >= 4 is 12.2 Å². The average Bonchev–Trinajstić information content (AvgIpc) is 3.20. The van der Waals surface area contributed by atoms with Gasteiger partial charge in [-0.3, -0.25) is 0 Å². The highest BCUT2D eigenvalue weighted by Crippen LogP contribution is 2.21. The molecule has 6 heteroatoms. The number of ether oxygens (including phenoxy) is 4. The fourth-order valence-electron chi connectivity index (χ4n) is 2.25. The second kappa shape index (κ2) is 9.26. The van der Waals surface area contributed by atoms with Gasteiger partial charge in [-0.05, 0) is 25.7 Å². The van der Waals surface area contributed by atoms with Gasteiger partial charge < -0.3 is 18.9 Å². The van der Waals surface area contributed by atoms with Gasteiger partial charge in [-0.25, -0.2) is 9.98 Å². The molecule has 21 heavy (non-hydrogen) atoms. The molecule has 0 unspecified atom stereocenters. The SMILES string of the molecule is C1CCC(OC2=NCCO2)CC1.C=CCOC1=NCCO1. The molecule has 0 radical (unpaired) electrons. The first-order chi connectivity index (χ1) is 10.4. The third-order valence-electron chi connectivity index (χ3n) is 3.26. The Bertz CT molecular complexity index is 376. The third kappa shape index (κ3) is 6.06. The normalized spacial score (nSPS) is 21.1. The van der Waals surface area contributed by atoms with Gasteiger partial charge >= 0.3 is 12.2 Å². The van der Waals surface area contributed by atoms with E-state index in [0.29, 0.717) is 44.6 Å². The van der Waals surface area contributed by atoms with Crippen LogP contribution < -0.4 is 0 Å². The Morgan fingerprint density at radius 3 is 2.29 bits per heavy atom. The van der Waals surface area contributed by atoms with Gasteiger partial charge in [0.05, 0.1) is 13.1 Å². The molecule has 0 aromatic carbocycles. The van der Waals surface area contributed by atoms with Crippen LogP contribution in [0.2, 0.25) is 0 Å². The molecule has 0 bridgehead atoms. The van der Waals surface area contributed by atoms with E-state index in [4.69, 9.17) is 18.9 Å². The minimum absolute atomic E-state index is 0.371. The zero-order valence-corrected chi connectivity index (χ0v) is 12.5. The van der Waals surface area contributed by atoms with E-state index in [9.17, 15) is 0 Å². The predicted octanol–water partition coefficient (Wildman–Crippen LogP) is 2.30. The van der Waals surface area contributed by atoms with E-state index in [0.717, 1.165) is 6.54 Å². The molecule has 118 valence electrons. The predicted molar refractivity (Wildman–Crippen MR) is 80.6 cm³/mol. The number of rotatable bonds is 3. The Balaban J connectivity index is 0.000000161. The van der Waals surface area contributed by atoms with Gasteiger partial charge in [-0.1, -0.05) is 19.1 Å². The fraction of sp³-hybridized carbons (Fsp3) is 0.733. The molecular formula is C15H24N2O4. The topological polar surface area (TPSA) is 61.6 Å². The van der Waals surface area contributed by atoms with Crippen molar-refractivity contribution in [2.45, 2.75) is 38.2 Å². The number of hydrogen-bond acceptors (Lipinski definition) is 6. The summed E-state index contributed by atoms with van der Waals surface area (Å²) in [5.41, 5.74) is 0. The summed E-state index contributed by atoms with van der Waals surface area (Å²) in [6.45, 7) is 6.78. The van der Waals surface area contributed by atoms with Crippen molar-refractivity contribution < 1.29 is 18.9 Å². The molecule has 0 saturated heterocycles. The molecule has 0 spiro atoms. The van der Waals surface area contributed by atoms with Crippen LogP contribution in [-0.4, -0.2) is 51.2 Å². The van der Waals surface area contributed by atoms with Crippen LogP contribution in [0.5, 0.6) is 0 Å². The molecule has 3 rings (SSSR count). The summed E-state index contributed by atoms with van der Waals surface area (Å²) in [7, 11) is 0. The van der Waals surface area contributed by atoms with Crippen LogP contribution in [0, 0.1) is 0 Å². The van der Waals surface area contributed by atoms with E-state index in [1.165, 1.54) is 32.1 Å². The molecule has 3 aliphatic rings. The van der Waals surface area contributed by atoms with Crippen LogP contribution in [-0.2, 0) is 18.9 Å². The van der Waals surface area contributed by atoms with E-state index >= 15 is 0 Å². The fourth-order valence-corrected chi connectivity index (χ4v) is 2.25. The van der Waals surface area contributed by atoms with Gasteiger partial charge in [-0.2, -0.15) is 0 Å². The largest absolute Gasteiger partial charge is 0.449 e.